The number of amides is 1. The van der Waals surface area contributed by atoms with Crippen molar-refractivity contribution < 1.29 is 9.53 Å². The fraction of sp³-hybridized carbons (Fsp3) is 0.176. The molecule has 0 spiro atoms. The molecule has 1 heterocycles. The Morgan fingerprint density at radius 1 is 1.09 bits per heavy atom. The van der Waals surface area contributed by atoms with E-state index in [1.54, 1.807) is 25.3 Å². The first-order chi connectivity index (χ1) is 11.1. The number of methoxy groups -OCH3 is 1. The van der Waals surface area contributed by atoms with Crippen molar-refractivity contribution in [1.82, 2.24) is 9.97 Å². The maximum absolute atomic E-state index is 12.0. The average Bonchev–Trinajstić information content (AvgIpc) is 2.92. The second-order valence-corrected chi connectivity index (χ2v) is 5.24. The Labute approximate surface area is 132 Å². The smallest absolute Gasteiger partial charge is 0.323 e. The summed E-state index contributed by atoms with van der Waals surface area (Å²) < 4.78 is 5.10. The molecule has 0 fully saturated rings. The third kappa shape index (κ3) is 3.60. The Morgan fingerprint density at radius 3 is 2.57 bits per heavy atom. The number of anilines is 1. The van der Waals surface area contributed by atoms with Crippen LogP contribution in [0.2, 0.25) is 0 Å². The fourth-order valence-corrected chi connectivity index (χ4v) is 2.38. The van der Waals surface area contributed by atoms with Crippen LogP contribution < -0.4 is 15.7 Å². The first kappa shape index (κ1) is 14.9. The second-order valence-electron chi connectivity index (χ2n) is 5.24. The predicted octanol–water partition coefficient (Wildman–Crippen LogP) is 2.44. The van der Waals surface area contributed by atoms with E-state index in [1.807, 2.05) is 24.3 Å². The number of hydrogen-bond acceptors (Lipinski definition) is 3. The molecule has 1 aromatic heterocycles. The number of ether oxygens (including phenoxy) is 1. The average molecular weight is 311 g/mol. The first-order valence-corrected chi connectivity index (χ1v) is 7.29. The highest BCUT2D eigenvalue weighted by atomic mass is 16.5. The summed E-state index contributed by atoms with van der Waals surface area (Å²) in [4.78, 5) is 28.6. The molecular formula is C17H17N3O3. The molecule has 0 aliphatic rings. The van der Waals surface area contributed by atoms with Crippen molar-refractivity contribution in [2.24, 2.45) is 0 Å². The summed E-state index contributed by atoms with van der Waals surface area (Å²) in [5.74, 6) is 0.727. The van der Waals surface area contributed by atoms with Crippen molar-refractivity contribution in [3.8, 4) is 5.75 Å². The van der Waals surface area contributed by atoms with Gasteiger partial charge in [-0.3, -0.25) is 4.79 Å². The molecule has 0 unspecified atom stereocenters. The van der Waals surface area contributed by atoms with Gasteiger partial charge in [-0.05, 0) is 42.3 Å². The minimum Gasteiger partial charge on any atom is -0.497 e. The zero-order valence-corrected chi connectivity index (χ0v) is 12.7. The quantitative estimate of drug-likeness (QED) is 0.676. The molecule has 2 aromatic carbocycles. The number of rotatable bonds is 5. The Bertz CT molecular complexity index is 878. The number of carbonyl (C=O) groups is 1. The Morgan fingerprint density at radius 2 is 1.83 bits per heavy atom. The molecule has 1 amide bonds. The SMILES string of the molecule is COc1ccc(CCC(=O)Nc2ccc3[nH]c(=O)[nH]c3c2)cc1. The number of aromatic amines is 2. The van der Waals surface area contributed by atoms with Crippen LogP contribution in [-0.2, 0) is 11.2 Å². The van der Waals surface area contributed by atoms with Crippen LogP contribution in [0.1, 0.15) is 12.0 Å². The van der Waals surface area contributed by atoms with Gasteiger partial charge in [0, 0.05) is 12.1 Å². The highest BCUT2D eigenvalue weighted by Crippen LogP contribution is 2.16. The lowest BCUT2D eigenvalue weighted by Gasteiger charge is -2.06. The van der Waals surface area contributed by atoms with E-state index in [0.717, 1.165) is 11.3 Å². The lowest BCUT2D eigenvalue weighted by molar-refractivity contribution is -0.116. The minimum atomic E-state index is -0.261. The molecule has 23 heavy (non-hydrogen) atoms. The summed E-state index contributed by atoms with van der Waals surface area (Å²) in [6, 6.07) is 12.9. The summed E-state index contributed by atoms with van der Waals surface area (Å²) >= 11 is 0. The van der Waals surface area contributed by atoms with E-state index in [0.29, 0.717) is 29.6 Å². The number of hydrogen-bond donors (Lipinski definition) is 3. The highest BCUT2D eigenvalue weighted by molar-refractivity contribution is 5.93. The van der Waals surface area contributed by atoms with E-state index in [2.05, 4.69) is 15.3 Å². The first-order valence-electron chi connectivity index (χ1n) is 7.29. The van der Waals surface area contributed by atoms with Gasteiger partial charge in [0.25, 0.3) is 0 Å². The predicted molar refractivity (Wildman–Crippen MR) is 88.9 cm³/mol. The van der Waals surface area contributed by atoms with Gasteiger partial charge in [0.2, 0.25) is 5.91 Å². The molecule has 118 valence electrons. The molecule has 0 saturated carbocycles. The molecule has 3 aromatic rings. The lowest BCUT2D eigenvalue weighted by atomic mass is 10.1. The van der Waals surface area contributed by atoms with Gasteiger partial charge >= 0.3 is 5.69 Å². The fourth-order valence-electron chi connectivity index (χ4n) is 2.38. The van der Waals surface area contributed by atoms with Crippen LogP contribution in [0.25, 0.3) is 11.0 Å². The maximum Gasteiger partial charge on any atom is 0.323 e. The zero-order chi connectivity index (χ0) is 16.2. The van der Waals surface area contributed by atoms with E-state index < -0.39 is 0 Å². The third-order valence-electron chi connectivity index (χ3n) is 3.60. The molecule has 6 nitrogen and oxygen atoms in total. The zero-order valence-electron chi connectivity index (χ0n) is 12.7. The number of fused-ring (bicyclic) bond motifs is 1. The topological polar surface area (TPSA) is 87.0 Å². The Balaban J connectivity index is 1.60. The van der Waals surface area contributed by atoms with E-state index in [-0.39, 0.29) is 11.6 Å². The van der Waals surface area contributed by atoms with Crippen LogP contribution in [0.5, 0.6) is 5.75 Å². The molecule has 0 atom stereocenters. The molecule has 0 radical (unpaired) electrons. The summed E-state index contributed by atoms with van der Waals surface area (Å²) in [6.07, 6.45) is 1.03. The standard InChI is InChI=1S/C17H17N3O3/c1-23-13-6-2-11(3-7-13)4-9-16(21)18-12-5-8-14-15(10-12)20-17(22)19-14/h2-3,5-8,10H,4,9H2,1H3,(H,18,21)(H2,19,20,22). The van der Waals surface area contributed by atoms with Crippen LogP contribution in [0.3, 0.4) is 0 Å². The monoisotopic (exact) mass is 311 g/mol. The van der Waals surface area contributed by atoms with Crippen molar-refractivity contribution in [1.29, 1.82) is 0 Å². The number of imidazole rings is 1. The molecule has 0 aliphatic heterocycles. The van der Waals surface area contributed by atoms with Crippen LogP contribution in [-0.4, -0.2) is 23.0 Å². The lowest BCUT2D eigenvalue weighted by Crippen LogP contribution is -2.12. The van der Waals surface area contributed by atoms with Gasteiger partial charge in [0.1, 0.15) is 5.75 Å². The molecule has 0 bridgehead atoms. The van der Waals surface area contributed by atoms with Crippen molar-refractivity contribution in [2.45, 2.75) is 12.8 Å². The van der Waals surface area contributed by atoms with E-state index in [4.69, 9.17) is 4.74 Å². The second kappa shape index (κ2) is 6.39. The maximum atomic E-state index is 12.0. The molecule has 3 N–H and O–H groups in total. The van der Waals surface area contributed by atoms with Crippen molar-refractivity contribution in [3.05, 3.63) is 58.5 Å². The van der Waals surface area contributed by atoms with Crippen LogP contribution >= 0.6 is 0 Å². The number of aromatic nitrogens is 2. The van der Waals surface area contributed by atoms with Gasteiger partial charge in [-0.1, -0.05) is 12.1 Å². The van der Waals surface area contributed by atoms with Gasteiger partial charge in [-0.25, -0.2) is 4.79 Å². The summed E-state index contributed by atoms with van der Waals surface area (Å²) in [6.45, 7) is 0. The summed E-state index contributed by atoms with van der Waals surface area (Å²) in [5, 5.41) is 2.84. The Kier molecular flexibility index (Phi) is 4.14. The van der Waals surface area contributed by atoms with E-state index in [1.165, 1.54) is 0 Å². The molecule has 6 heteroatoms. The number of benzene rings is 2. The molecule has 3 rings (SSSR count). The van der Waals surface area contributed by atoms with Gasteiger partial charge in [-0.2, -0.15) is 0 Å². The normalized spacial score (nSPS) is 10.7. The van der Waals surface area contributed by atoms with Gasteiger partial charge in [0.05, 0.1) is 18.1 Å². The Hall–Kier alpha value is -3.02. The van der Waals surface area contributed by atoms with E-state index >= 15 is 0 Å². The van der Waals surface area contributed by atoms with E-state index in [9.17, 15) is 9.59 Å². The summed E-state index contributed by atoms with van der Waals surface area (Å²) in [5.41, 5.74) is 2.86. The molecular weight excluding hydrogens is 294 g/mol. The van der Waals surface area contributed by atoms with Crippen LogP contribution in [0.15, 0.2) is 47.3 Å². The molecule has 0 saturated heterocycles. The minimum absolute atomic E-state index is 0.0712. The van der Waals surface area contributed by atoms with Gasteiger partial charge < -0.3 is 20.0 Å². The highest BCUT2D eigenvalue weighted by Gasteiger charge is 2.05. The van der Waals surface area contributed by atoms with Crippen molar-refractivity contribution in [3.63, 3.8) is 0 Å². The van der Waals surface area contributed by atoms with Crippen molar-refractivity contribution in [2.75, 3.05) is 12.4 Å². The van der Waals surface area contributed by atoms with Gasteiger partial charge in [0.15, 0.2) is 0 Å². The molecule has 0 aliphatic carbocycles. The van der Waals surface area contributed by atoms with Crippen LogP contribution in [0.4, 0.5) is 5.69 Å². The number of carbonyl (C=O) groups excluding carboxylic acids is 1. The third-order valence-corrected chi connectivity index (χ3v) is 3.60. The van der Waals surface area contributed by atoms with Gasteiger partial charge in [-0.15, -0.1) is 0 Å². The summed E-state index contributed by atoms with van der Waals surface area (Å²) in [7, 11) is 1.62. The number of nitrogens with one attached hydrogen (secondary N) is 3. The number of H-pyrrole nitrogens is 2. The number of aryl methyl sites for hydroxylation is 1. The van der Waals surface area contributed by atoms with Crippen LogP contribution in [0, 0.1) is 0 Å². The van der Waals surface area contributed by atoms with Crippen molar-refractivity contribution >= 4 is 22.6 Å². The largest absolute Gasteiger partial charge is 0.497 e.